The SMILES string of the molecule is COc1ccc2c(ccn2CC(=O)NC2(CNC(=O)OC(C)(C)C)CCCC2)c1. The van der Waals surface area contributed by atoms with E-state index in [0.29, 0.717) is 6.54 Å². The van der Waals surface area contributed by atoms with Gasteiger partial charge in [-0.15, -0.1) is 0 Å². The van der Waals surface area contributed by atoms with Gasteiger partial charge in [0.05, 0.1) is 12.6 Å². The lowest BCUT2D eigenvalue weighted by molar-refractivity contribution is -0.123. The number of rotatable bonds is 6. The van der Waals surface area contributed by atoms with Crippen molar-refractivity contribution in [3.8, 4) is 5.75 Å². The summed E-state index contributed by atoms with van der Waals surface area (Å²) >= 11 is 0. The van der Waals surface area contributed by atoms with Crippen LogP contribution >= 0.6 is 0 Å². The van der Waals surface area contributed by atoms with Crippen molar-refractivity contribution in [3.63, 3.8) is 0 Å². The molecular formula is C22H31N3O4. The first-order valence-electron chi connectivity index (χ1n) is 10.1. The molecule has 1 fully saturated rings. The minimum atomic E-state index is -0.547. The summed E-state index contributed by atoms with van der Waals surface area (Å²) in [5.74, 6) is 0.726. The zero-order chi connectivity index (χ0) is 21.1. The Morgan fingerprint density at radius 2 is 1.90 bits per heavy atom. The third kappa shape index (κ3) is 5.43. The first kappa shape index (κ1) is 21.0. The molecule has 0 aliphatic heterocycles. The molecule has 2 aromatic rings. The Morgan fingerprint density at radius 1 is 1.17 bits per heavy atom. The molecule has 7 heteroatoms. The van der Waals surface area contributed by atoms with Gasteiger partial charge in [0.15, 0.2) is 0 Å². The standard InChI is InChI=1S/C22H31N3O4/c1-21(2,3)29-20(27)23-15-22(10-5-6-11-22)24-19(26)14-25-12-9-16-13-17(28-4)7-8-18(16)25/h7-9,12-13H,5-6,10-11,14-15H2,1-4H3,(H,23,27)(H,24,26). The van der Waals surface area contributed by atoms with Crippen molar-refractivity contribution in [1.29, 1.82) is 0 Å². The van der Waals surface area contributed by atoms with Gasteiger partial charge in [-0.25, -0.2) is 4.79 Å². The number of benzene rings is 1. The molecule has 1 saturated carbocycles. The fraction of sp³-hybridized carbons (Fsp3) is 0.545. The van der Waals surface area contributed by atoms with Gasteiger partial charge in [0, 0.05) is 23.6 Å². The molecule has 1 heterocycles. The molecule has 7 nitrogen and oxygen atoms in total. The number of hydrogen-bond acceptors (Lipinski definition) is 4. The van der Waals surface area contributed by atoms with Crippen LogP contribution in [0.1, 0.15) is 46.5 Å². The molecule has 3 rings (SSSR count). The van der Waals surface area contributed by atoms with Crippen molar-refractivity contribution in [3.05, 3.63) is 30.5 Å². The number of carbonyl (C=O) groups is 2. The minimum Gasteiger partial charge on any atom is -0.497 e. The molecule has 0 unspecified atom stereocenters. The molecular weight excluding hydrogens is 370 g/mol. The van der Waals surface area contributed by atoms with E-state index < -0.39 is 17.2 Å². The molecule has 0 bridgehead atoms. The average molecular weight is 402 g/mol. The number of amides is 2. The Morgan fingerprint density at radius 3 is 2.55 bits per heavy atom. The molecule has 29 heavy (non-hydrogen) atoms. The first-order chi connectivity index (χ1) is 13.7. The van der Waals surface area contributed by atoms with E-state index in [2.05, 4.69) is 10.6 Å². The maximum atomic E-state index is 12.8. The Kier molecular flexibility index (Phi) is 6.05. The van der Waals surface area contributed by atoms with Gasteiger partial charge < -0.3 is 24.7 Å². The van der Waals surface area contributed by atoms with Gasteiger partial charge in [0.1, 0.15) is 17.9 Å². The molecule has 0 atom stereocenters. The second-order valence-electron chi connectivity index (χ2n) is 8.76. The quantitative estimate of drug-likeness (QED) is 0.775. The molecule has 1 aliphatic rings. The zero-order valence-corrected chi connectivity index (χ0v) is 17.7. The number of aromatic nitrogens is 1. The van der Waals surface area contributed by atoms with Crippen LogP contribution in [0, 0.1) is 0 Å². The van der Waals surface area contributed by atoms with Crippen LogP contribution in [0.15, 0.2) is 30.5 Å². The van der Waals surface area contributed by atoms with Crippen LogP contribution in [0.2, 0.25) is 0 Å². The number of methoxy groups -OCH3 is 1. The van der Waals surface area contributed by atoms with E-state index in [0.717, 1.165) is 42.3 Å². The largest absolute Gasteiger partial charge is 0.497 e. The minimum absolute atomic E-state index is 0.0637. The predicted octanol–water partition coefficient (Wildman–Crippen LogP) is 3.60. The van der Waals surface area contributed by atoms with Gasteiger partial charge in [-0.05, 0) is 57.9 Å². The summed E-state index contributed by atoms with van der Waals surface area (Å²) in [5.41, 5.74) is 0.0161. The van der Waals surface area contributed by atoms with E-state index in [9.17, 15) is 9.59 Å². The summed E-state index contributed by atoms with van der Waals surface area (Å²) in [4.78, 5) is 24.8. The highest BCUT2D eigenvalue weighted by Crippen LogP contribution is 2.29. The van der Waals surface area contributed by atoms with Gasteiger partial charge in [-0.1, -0.05) is 12.8 Å². The van der Waals surface area contributed by atoms with Crippen LogP contribution in [0.3, 0.4) is 0 Å². The molecule has 0 spiro atoms. The number of nitrogens with zero attached hydrogens (tertiary/aromatic N) is 1. The number of fused-ring (bicyclic) bond motifs is 1. The average Bonchev–Trinajstić information content (AvgIpc) is 3.26. The van der Waals surface area contributed by atoms with E-state index in [1.165, 1.54) is 0 Å². The fourth-order valence-electron chi connectivity index (χ4n) is 3.89. The first-order valence-corrected chi connectivity index (χ1v) is 10.1. The maximum absolute atomic E-state index is 12.8. The number of nitrogens with one attached hydrogen (secondary N) is 2. The summed E-state index contributed by atoms with van der Waals surface area (Å²) in [7, 11) is 1.64. The van der Waals surface area contributed by atoms with Crippen LogP contribution in [0.4, 0.5) is 4.79 Å². The highest BCUT2D eigenvalue weighted by atomic mass is 16.6. The van der Waals surface area contributed by atoms with Crippen LogP contribution in [-0.2, 0) is 16.1 Å². The normalized spacial score (nSPS) is 15.9. The molecule has 0 saturated heterocycles. The van der Waals surface area contributed by atoms with E-state index in [4.69, 9.17) is 9.47 Å². The summed E-state index contributed by atoms with van der Waals surface area (Å²) in [5, 5.41) is 7.04. The van der Waals surface area contributed by atoms with Crippen molar-refractivity contribution in [1.82, 2.24) is 15.2 Å². The molecule has 1 aliphatic carbocycles. The molecule has 158 valence electrons. The predicted molar refractivity (Wildman–Crippen MR) is 112 cm³/mol. The van der Waals surface area contributed by atoms with Gasteiger partial charge >= 0.3 is 6.09 Å². The lowest BCUT2D eigenvalue weighted by Crippen LogP contribution is -2.55. The molecule has 0 radical (unpaired) electrons. The zero-order valence-electron chi connectivity index (χ0n) is 17.7. The molecule has 1 aromatic heterocycles. The summed E-state index contributed by atoms with van der Waals surface area (Å²) < 4.78 is 12.5. The Balaban J connectivity index is 1.63. The van der Waals surface area contributed by atoms with E-state index in [1.54, 1.807) is 7.11 Å². The van der Waals surface area contributed by atoms with Crippen LogP contribution in [0.5, 0.6) is 5.75 Å². The van der Waals surface area contributed by atoms with E-state index in [-0.39, 0.29) is 12.5 Å². The molecule has 2 N–H and O–H groups in total. The number of carbonyl (C=O) groups excluding carboxylic acids is 2. The number of hydrogen-bond donors (Lipinski definition) is 2. The highest BCUT2D eigenvalue weighted by molar-refractivity contribution is 5.84. The topological polar surface area (TPSA) is 81.6 Å². The van der Waals surface area contributed by atoms with Gasteiger partial charge in [-0.3, -0.25) is 4.79 Å². The van der Waals surface area contributed by atoms with Gasteiger partial charge in [-0.2, -0.15) is 0 Å². The van der Waals surface area contributed by atoms with Crippen LogP contribution in [-0.4, -0.2) is 41.4 Å². The Labute approximate surface area is 171 Å². The monoisotopic (exact) mass is 401 g/mol. The lowest BCUT2D eigenvalue weighted by atomic mass is 9.97. The van der Waals surface area contributed by atoms with Crippen molar-refractivity contribution in [2.45, 2.75) is 64.1 Å². The second-order valence-corrected chi connectivity index (χ2v) is 8.76. The van der Waals surface area contributed by atoms with Crippen molar-refractivity contribution in [2.24, 2.45) is 0 Å². The molecule has 1 aromatic carbocycles. The van der Waals surface area contributed by atoms with Gasteiger partial charge in [0.2, 0.25) is 5.91 Å². The Bertz CT molecular complexity index is 876. The van der Waals surface area contributed by atoms with Crippen molar-refractivity contribution < 1.29 is 19.1 Å². The van der Waals surface area contributed by atoms with Crippen molar-refractivity contribution in [2.75, 3.05) is 13.7 Å². The third-order valence-electron chi connectivity index (χ3n) is 5.23. The second kappa shape index (κ2) is 8.35. The lowest BCUT2D eigenvalue weighted by Gasteiger charge is -2.31. The summed E-state index contributed by atoms with van der Waals surface area (Å²) in [6.07, 6.45) is 5.20. The summed E-state index contributed by atoms with van der Waals surface area (Å²) in [6.45, 7) is 6.09. The van der Waals surface area contributed by atoms with Crippen LogP contribution in [0.25, 0.3) is 10.9 Å². The maximum Gasteiger partial charge on any atom is 0.407 e. The third-order valence-corrected chi connectivity index (χ3v) is 5.23. The number of alkyl carbamates (subject to hydrolysis) is 1. The number of ether oxygens (including phenoxy) is 2. The van der Waals surface area contributed by atoms with E-state index >= 15 is 0 Å². The Hall–Kier alpha value is -2.70. The van der Waals surface area contributed by atoms with Crippen LogP contribution < -0.4 is 15.4 Å². The fourth-order valence-corrected chi connectivity index (χ4v) is 3.89. The molecule has 2 amide bonds. The highest BCUT2D eigenvalue weighted by Gasteiger charge is 2.36. The smallest absolute Gasteiger partial charge is 0.407 e. The van der Waals surface area contributed by atoms with E-state index in [1.807, 2.05) is 55.8 Å². The van der Waals surface area contributed by atoms with Gasteiger partial charge in [0.25, 0.3) is 0 Å². The summed E-state index contributed by atoms with van der Waals surface area (Å²) in [6, 6.07) is 7.77. The van der Waals surface area contributed by atoms with Crippen molar-refractivity contribution >= 4 is 22.9 Å².